The summed E-state index contributed by atoms with van der Waals surface area (Å²) in [5, 5.41) is 14.2. The van der Waals surface area contributed by atoms with Crippen LogP contribution >= 0.6 is 0 Å². The predicted molar refractivity (Wildman–Crippen MR) is 126 cm³/mol. The predicted octanol–water partition coefficient (Wildman–Crippen LogP) is 4.66. The van der Waals surface area contributed by atoms with E-state index in [1.54, 1.807) is 0 Å². The highest BCUT2D eigenvalue weighted by Gasteiger charge is 2.38. The third kappa shape index (κ3) is 4.81. The van der Waals surface area contributed by atoms with Crippen LogP contribution in [0.4, 0.5) is 0 Å². The summed E-state index contributed by atoms with van der Waals surface area (Å²) in [7, 11) is 2.11. The maximum atomic E-state index is 10.4. The van der Waals surface area contributed by atoms with Crippen LogP contribution in [-0.4, -0.2) is 41.8 Å². The minimum absolute atomic E-state index is 0.0179. The lowest BCUT2D eigenvalue weighted by molar-refractivity contribution is 0.122. The molecule has 30 heavy (non-hydrogen) atoms. The van der Waals surface area contributed by atoms with Gasteiger partial charge in [-0.25, -0.2) is 0 Å². The van der Waals surface area contributed by atoms with Crippen molar-refractivity contribution in [2.24, 2.45) is 0 Å². The van der Waals surface area contributed by atoms with Gasteiger partial charge in [-0.15, -0.1) is 0 Å². The molecule has 1 atom stereocenters. The van der Waals surface area contributed by atoms with Crippen LogP contribution in [0.1, 0.15) is 37.5 Å². The van der Waals surface area contributed by atoms with E-state index in [4.69, 9.17) is 0 Å². The molecule has 0 heterocycles. The average molecular weight is 403 g/mol. The first-order chi connectivity index (χ1) is 14.4. The number of nitrogens with zero attached hydrogens (tertiary/aromatic N) is 1. The Bertz CT molecular complexity index is 792. The van der Waals surface area contributed by atoms with Crippen molar-refractivity contribution in [3.8, 4) is 0 Å². The van der Waals surface area contributed by atoms with Crippen molar-refractivity contribution in [1.29, 1.82) is 0 Å². The highest BCUT2D eigenvalue weighted by Crippen LogP contribution is 2.37. The molecule has 0 amide bonds. The quantitative estimate of drug-likeness (QED) is 0.538. The molecule has 0 radical (unpaired) electrons. The summed E-state index contributed by atoms with van der Waals surface area (Å²) in [5.41, 5.74) is 2.90. The molecule has 0 bridgehead atoms. The lowest BCUT2D eigenvalue weighted by atomic mass is 9.76. The van der Waals surface area contributed by atoms with Crippen LogP contribution in [0.5, 0.6) is 0 Å². The molecule has 0 aliphatic carbocycles. The van der Waals surface area contributed by atoms with Crippen LogP contribution in [0.25, 0.3) is 0 Å². The average Bonchev–Trinajstić information content (AvgIpc) is 2.77. The minimum Gasteiger partial charge on any atom is -0.395 e. The summed E-state index contributed by atoms with van der Waals surface area (Å²) in [6.07, 6.45) is 0. The fourth-order valence-corrected chi connectivity index (χ4v) is 3.87. The molecule has 0 spiro atoms. The molecule has 0 saturated heterocycles. The highest BCUT2D eigenvalue weighted by atomic mass is 16.3. The first-order valence-corrected chi connectivity index (χ1v) is 10.6. The van der Waals surface area contributed by atoms with Crippen LogP contribution in [0.2, 0.25) is 0 Å². The molecule has 0 saturated carbocycles. The summed E-state index contributed by atoms with van der Waals surface area (Å²) in [4.78, 5) is 2.28. The highest BCUT2D eigenvalue weighted by molar-refractivity contribution is 5.49. The first kappa shape index (κ1) is 22.2. The molecule has 3 heteroatoms. The molecule has 3 rings (SSSR count). The second-order valence-electron chi connectivity index (χ2n) is 8.92. The topological polar surface area (TPSA) is 35.5 Å². The number of rotatable bonds is 8. The Kier molecular flexibility index (Phi) is 7.09. The van der Waals surface area contributed by atoms with Crippen molar-refractivity contribution < 1.29 is 5.11 Å². The van der Waals surface area contributed by atoms with Crippen molar-refractivity contribution in [1.82, 2.24) is 10.2 Å². The lowest BCUT2D eigenvalue weighted by Gasteiger charge is -2.42. The molecule has 3 nitrogen and oxygen atoms in total. The summed E-state index contributed by atoms with van der Waals surface area (Å²) in [6.45, 7) is 7.36. The van der Waals surface area contributed by atoms with E-state index in [2.05, 4.69) is 111 Å². The summed E-state index contributed by atoms with van der Waals surface area (Å²) >= 11 is 0. The van der Waals surface area contributed by atoms with E-state index in [-0.39, 0.29) is 18.2 Å². The fourth-order valence-electron chi connectivity index (χ4n) is 3.87. The summed E-state index contributed by atoms with van der Waals surface area (Å²) < 4.78 is 0. The largest absolute Gasteiger partial charge is 0.395 e. The third-order valence-corrected chi connectivity index (χ3v) is 5.90. The lowest BCUT2D eigenvalue weighted by Crippen LogP contribution is -2.56. The molecule has 0 aromatic heterocycles. The van der Waals surface area contributed by atoms with E-state index in [9.17, 15) is 5.11 Å². The normalized spacial score (nSPS) is 13.4. The van der Waals surface area contributed by atoms with Gasteiger partial charge in [-0.3, -0.25) is 10.2 Å². The molecule has 3 aromatic carbocycles. The Labute approximate surface area is 181 Å². The number of benzene rings is 3. The molecule has 0 aliphatic heterocycles. The van der Waals surface area contributed by atoms with E-state index in [0.717, 1.165) is 23.2 Å². The fraction of sp³-hybridized carbons (Fsp3) is 0.333. The summed E-state index contributed by atoms with van der Waals surface area (Å²) in [5.74, 6) is 0. The van der Waals surface area contributed by atoms with Crippen LogP contribution in [0.3, 0.4) is 0 Å². The van der Waals surface area contributed by atoms with Crippen molar-refractivity contribution in [2.45, 2.75) is 37.9 Å². The number of aliphatic hydroxyl groups excluding tert-OH is 1. The maximum Gasteiger partial charge on any atom is 0.0951 e. The minimum atomic E-state index is -0.574. The van der Waals surface area contributed by atoms with Gasteiger partial charge in [0.1, 0.15) is 0 Å². The molecule has 158 valence electrons. The van der Waals surface area contributed by atoms with Crippen LogP contribution in [0.15, 0.2) is 91.0 Å². The monoisotopic (exact) mass is 402 g/mol. The Morgan fingerprint density at radius 2 is 1.10 bits per heavy atom. The van der Waals surface area contributed by atoms with E-state index >= 15 is 0 Å². The van der Waals surface area contributed by atoms with Gasteiger partial charge >= 0.3 is 0 Å². The molecule has 2 N–H and O–H groups in total. The Hall–Kier alpha value is -2.46. The summed E-state index contributed by atoms with van der Waals surface area (Å²) in [6, 6.07) is 31.4. The Balaban J connectivity index is 2.16. The number of nitrogens with one attached hydrogen (secondary N) is 1. The van der Waals surface area contributed by atoms with Gasteiger partial charge in [-0.1, -0.05) is 91.0 Å². The standard InChI is InChI=1S/C27H34N2O/c1-26(2,3)29(4)20-25(21-30)28-27(22-14-8-5-9-15-22,23-16-10-6-11-17-23)24-18-12-7-13-19-24/h5-19,25,28,30H,20-21H2,1-4H3. The second kappa shape index (κ2) is 9.57. The first-order valence-electron chi connectivity index (χ1n) is 10.6. The van der Waals surface area contributed by atoms with Gasteiger partial charge in [0.15, 0.2) is 0 Å². The van der Waals surface area contributed by atoms with Crippen molar-refractivity contribution in [3.63, 3.8) is 0 Å². The van der Waals surface area contributed by atoms with Crippen molar-refractivity contribution in [3.05, 3.63) is 108 Å². The smallest absolute Gasteiger partial charge is 0.0951 e. The van der Waals surface area contributed by atoms with Crippen molar-refractivity contribution in [2.75, 3.05) is 20.2 Å². The molecule has 0 aliphatic rings. The number of likely N-dealkylation sites (N-methyl/N-ethyl adjacent to an activating group) is 1. The zero-order valence-electron chi connectivity index (χ0n) is 18.5. The molecular formula is C27H34N2O. The Morgan fingerprint density at radius 1 is 0.733 bits per heavy atom. The third-order valence-electron chi connectivity index (χ3n) is 5.90. The van der Waals surface area contributed by atoms with Gasteiger partial charge in [0.05, 0.1) is 12.1 Å². The van der Waals surface area contributed by atoms with Gasteiger partial charge in [-0.2, -0.15) is 0 Å². The van der Waals surface area contributed by atoms with E-state index in [1.165, 1.54) is 0 Å². The van der Waals surface area contributed by atoms with Gasteiger partial charge in [0.2, 0.25) is 0 Å². The molecule has 3 aromatic rings. The molecular weight excluding hydrogens is 368 g/mol. The van der Waals surface area contributed by atoms with Gasteiger partial charge < -0.3 is 5.11 Å². The SMILES string of the molecule is CN(CC(CO)NC(c1ccccc1)(c1ccccc1)c1ccccc1)C(C)(C)C. The molecule has 1 unspecified atom stereocenters. The van der Waals surface area contributed by atoms with E-state index in [0.29, 0.717) is 0 Å². The Morgan fingerprint density at radius 3 is 1.40 bits per heavy atom. The van der Waals surface area contributed by atoms with Crippen LogP contribution < -0.4 is 5.32 Å². The molecule has 0 fully saturated rings. The van der Waals surface area contributed by atoms with Gasteiger partial charge in [-0.05, 0) is 44.5 Å². The maximum absolute atomic E-state index is 10.4. The van der Waals surface area contributed by atoms with Crippen molar-refractivity contribution >= 4 is 0 Å². The number of hydrogen-bond acceptors (Lipinski definition) is 3. The van der Waals surface area contributed by atoms with Crippen LogP contribution in [0, 0.1) is 0 Å². The zero-order chi connectivity index (χ0) is 21.6. The van der Waals surface area contributed by atoms with Gasteiger partial charge in [0, 0.05) is 18.1 Å². The second-order valence-corrected chi connectivity index (χ2v) is 8.92. The van der Waals surface area contributed by atoms with E-state index < -0.39 is 5.54 Å². The zero-order valence-corrected chi connectivity index (χ0v) is 18.5. The van der Waals surface area contributed by atoms with E-state index in [1.807, 2.05) is 18.2 Å². The van der Waals surface area contributed by atoms with Crippen LogP contribution in [-0.2, 0) is 5.54 Å². The number of aliphatic hydroxyl groups is 1. The number of hydrogen-bond donors (Lipinski definition) is 2. The van der Waals surface area contributed by atoms with Gasteiger partial charge in [0.25, 0.3) is 0 Å².